The number of nitrogens with zero attached hydrogens (tertiary/aromatic N) is 1. The van der Waals surface area contributed by atoms with Crippen molar-refractivity contribution >= 4 is 17.7 Å². The molecule has 0 radical (unpaired) electrons. The second kappa shape index (κ2) is 7.13. The highest BCUT2D eigenvalue weighted by molar-refractivity contribution is 8.00. The van der Waals surface area contributed by atoms with Crippen LogP contribution in [-0.4, -0.2) is 41.3 Å². The second-order valence-electron chi connectivity index (χ2n) is 5.47. The van der Waals surface area contributed by atoms with Crippen molar-refractivity contribution in [2.45, 2.75) is 38.5 Å². The number of rotatable bonds is 6. The molecule has 1 aromatic rings. The van der Waals surface area contributed by atoms with Crippen LogP contribution in [0.2, 0.25) is 0 Å². The number of aromatic nitrogens is 1. The molecule has 6 heteroatoms. The van der Waals surface area contributed by atoms with Crippen LogP contribution in [0.5, 0.6) is 0 Å². The summed E-state index contributed by atoms with van der Waals surface area (Å²) in [6, 6.07) is 2.01. The van der Waals surface area contributed by atoms with E-state index < -0.39 is 0 Å². The Morgan fingerprint density at radius 1 is 1.55 bits per heavy atom. The third-order valence-corrected chi connectivity index (χ3v) is 4.33. The minimum Gasteiger partial charge on any atom is -0.379 e. The molecule has 0 unspecified atom stereocenters. The Bertz CT molecular complexity index is 447. The van der Waals surface area contributed by atoms with Gasteiger partial charge in [-0.3, -0.25) is 4.79 Å². The van der Waals surface area contributed by atoms with Gasteiger partial charge in [0.15, 0.2) is 0 Å². The first-order valence-electron chi connectivity index (χ1n) is 6.95. The normalized spacial score (nSPS) is 22.4. The molecule has 5 nitrogen and oxygen atoms in total. The first kappa shape index (κ1) is 15.4. The Kier molecular flexibility index (Phi) is 5.48. The highest BCUT2D eigenvalue weighted by Crippen LogP contribution is 2.20. The van der Waals surface area contributed by atoms with Crippen LogP contribution < -0.4 is 5.32 Å². The van der Waals surface area contributed by atoms with Crippen LogP contribution in [0.25, 0.3) is 0 Å². The molecular formula is C14H22N2O3S. The van der Waals surface area contributed by atoms with E-state index in [1.54, 1.807) is 11.8 Å². The molecule has 0 aliphatic carbocycles. The summed E-state index contributed by atoms with van der Waals surface area (Å²) in [7, 11) is 0. The van der Waals surface area contributed by atoms with Gasteiger partial charge in [-0.1, -0.05) is 19.0 Å². The largest absolute Gasteiger partial charge is 0.379 e. The van der Waals surface area contributed by atoms with Crippen molar-refractivity contribution in [3.8, 4) is 0 Å². The zero-order valence-electron chi connectivity index (χ0n) is 12.2. The lowest BCUT2D eigenvalue weighted by Crippen LogP contribution is -2.41. The molecule has 1 aromatic heterocycles. The summed E-state index contributed by atoms with van der Waals surface area (Å²) in [6.07, 6.45) is 0.753. The fourth-order valence-corrected chi connectivity index (χ4v) is 2.79. The van der Waals surface area contributed by atoms with E-state index in [1.807, 2.05) is 13.0 Å². The standard InChI is InChI=1S/C14H22N2O3S/c1-9(2)20-8-14(17)15-13-7-18-6-11(13)5-12-4-10(3)16-19-12/h4,9,11,13H,5-8H2,1-3H3,(H,15,17)/t11-,13+/m1/s1. The third-order valence-electron chi connectivity index (χ3n) is 3.23. The number of hydrogen-bond donors (Lipinski definition) is 1. The lowest BCUT2D eigenvalue weighted by molar-refractivity contribution is -0.119. The van der Waals surface area contributed by atoms with Crippen molar-refractivity contribution < 1.29 is 14.1 Å². The number of amides is 1. The molecule has 2 atom stereocenters. The average Bonchev–Trinajstić information content (AvgIpc) is 2.97. The van der Waals surface area contributed by atoms with Crippen LogP contribution in [0, 0.1) is 12.8 Å². The molecule has 2 heterocycles. The average molecular weight is 298 g/mol. The molecular weight excluding hydrogens is 276 g/mol. The molecule has 1 fully saturated rings. The molecule has 1 aliphatic rings. The Balaban J connectivity index is 1.82. The van der Waals surface area contributed by atoms with Gasteiger partial charge in [-0.05, 0) is 12.2 Å². The van der Waals surface area contributed by atoms with Crippen LogP contribution in [0.3, 0.4) is 0 Å². The Labute approximate surface area is 123 Å². The highest BCUT2D eigenvalue weighted by Gasteiger charge is 2.30. The number of aryl methyl sites for hydroxylation is 1. The van der Waals surface area contributed by atoms with E-state index in [0.717, 1.165) is 17.9 Å². The Hall–Kier alpha value is -1.01. The van der Waals surface area contributed by atoms with Crippen LogP contribution >= 0.6 is 11.8 Å². The van der Waals surface area contributed by atoms with Gasteiger partial charge >= 0.3 is 0 Å². The number of hydrogen-bond acceptors (Lipinski definition) is 5. The maximum absolute atomic E-state index is 11.9. The fraction of sp³-hybridized carbons (Fsp3) is 0.714. The lowest BCUT2D eigenvalue weighted by Gasteiger charge is -2.18. The van der Waals surface area contributed by atoms with E-state index in [2.05, 4.69) is 24.3 Å². The van der Waals surface area contributed by atoms with Crippen molar-refractivity contribution in [2.75, 3.05) is 19.0 Å². The Morgan fingerprint density at radius 2 is 2.35 bits per heavy atom. The predicted octanol–water partition coefficient (Wildman–Crippen LogP) is 1.80. The van der Waals surface area contributed by atoms with Crippen LogP contribution in [0.1, 0.15) is 25.3 Å². The van der Waals surface area contributed by atoms with Gasteiger partial charge in [0.05, 0.1) is 30.7 Å². The number of thioether (sulfide) groups is 1. The van der Waals surface area contributed by atoms with Gasteiger partial charge in [0.25, 0.3) is 0 Å². The molecule has 1 N–H and O–H groups in total. The molecule has 0 aromatic carbocycles. The van der Waals surface area contributed by atoms with E-state index in [4.69, 9.17) is 9.26 Å². The van der Waals surface area contributed by atoms with E-state index in [9.17, 15) is 4.79 Å². The molecule has 0 bridgehead atoms. The summed E-state index contributed by atoms with van der Waals surface area (Å²) in [5.74, 6) is 1.70. The Morgan fingerprint density at radius 3 is 3.00 bits per heavy atom. The maximum atomic E-state index is 11.9. The number of carbonyl (C=O) groups is 1. The summed E-state index contributed by atoms with van der Waals surface area (Å²) < 4.78 is 10.7. The van der Waals surface area contributed by atoms with Crippen molar-refractivity contribution in [3.63, 3.8) is 0 Å². The number of ether oxygens (including phenoxy) is 1. The monoisotopic (exact) mass is 298 g/mol. The van der Waals surface area contributed by atoms with E-state index in [-0.39, 0.29) is 17.9 Å². The third kappa shape index (κ3) is 4.52. The molecule has 112 valence electrons. The van der Waals surface area contributed by atoms with Gasteiger partial charge in [-0.15, -0.1) is 11.8 Å². The van der Waals surface area contributed by atoms with Gasteiger partial charge < -0.3 is 14.6 Å². The quantitative estimate of drug-likeness (QED) is 0.867. The summed E-state index contributed by atoms with van der Waals surface area (Å²) >= 11 is 1.65. The molecule has 2 rings (SSSR count). The minimum absolute atomic E-state index is 0.0701. The summed E-state index contributed by atoms with van der Waals surface area (Å²) in [6.45, 7) is 7.32. The highest BCUT2D eigenvalue weighted by atomic mass is 32.2. The zero-order valence-corrected chi connectivity index (χ0v) is 13.0. The van der Waals surface area contributed by atoms with Crippen LogP contribution in [0.15, 0.2) is 10.6 Å². The smallest absolute Gasteiger partial charge is 0.230 e. The summed E-state index contributed by atoms with van der Waals surface area (Å²) in [5.41, 5.74) is 0.882. The molecule has 1 amide bonds. The van der Waals surface area contributed by atoms with Crippen molar-refractivity contribution in [2.24, 2.45) is 5.92 Å². The van der Waals surface area contributed by atoms with Crippen molar-refractivity contribution in [3.05, 3.63) is 17.5 Å². The van der Waals surface area contributed by atoms with Gasteiger partial charge in [-0.2, -0.15) is 0 Å². The summed E-state index contributed by atoms with van der Waals surface area (Å²) in [5, 5.41) is 7.42. The van der Waals surface area contributed by atoms with Gasteiger partial charge in [0.2, 0.25) is 5.91 Å². The van der Waals surface area contributed by atoms with Crippen LogP contribution in [-0.2, 0) is 16.0 Å². The number of carbonyl (C=O) groups excluding carboxylic acids is 1. The van der Waals surface area contributed by atoms with Crippen molar-refractivity contribution in [1.82, 2.24) is 10.5 Å². The van der Waals surface area contributed by atoms with E-state index in [0.29, 0.717) is 24.2 Å². The zero-order chi connectivity index (χ0) is 14.5. The maximum Gasteiger partial charge on any atom is 0.230 e. The fourth-order valence-electron chi connectivity index (χ4n) is 2.22. The molecule has 20 heavy (non-hydrogen) atoms. The van der Waals surface area contributed by atoms with Gasteiger partial charge in [0.1, 0.15) is 5.76 Å². The lowest BCUT2D eigenvalue weighted by atomic mass is 9.98. The van der Waals surface area contributed by atoms with E-state index >= 15 is 0 Å². The molecule has 1 saturated heterocycles. The SMILES string of the molecule is Cc1cc(C[C@@H]2COC[C@@H]2NC(=O)CSC(C)C)on1. The summed E-state index contributed by atoms with van der Waals surface area (Å²) in [4.78, 5) is 11.9. The van der Waals surface area contributed by atoms with Crippen LogP contribution in [0.4, 0.5) is 0 Å². The first-order valence-corrected chi connectivity index (χ1v) is 8.00. The van der Waals surface area contributed by atoms with Gasteiger partial charge in [-0.25, -0.2) is 0 Å². The molecule has 1 aliphatic heterocycles. The van der Waals surface area contributed by atoms with Gasteiger partial charge in [0, 0.05) is 18.4 Å². The number of nitrogens with one attached hydrogen (secondary N) is 1. The second-order valence-corrected chi connectivity index (χ2v) is 7.03. The first-order chi connectivity index (χ1) is 9.54. The molecule has 0 saturated carbocycles. The topological polar surface area (TPSA) is 64.4 Å². The molecule has 0 spiro atoms. The minimum atomic E-state index is 0.0701. The predicted molar refractivity (Wildman–Crippen MR) is 78.8 cm³/mol. The van der Waals surface area contributed by atoms with Crippen molar-refractivity contribution in [1.29, 1.82) is 0 Å². The van der Waals surface area contributed by atoms with E-state index in [1.165, 1.54) is 0 Å².